The lowest BCUT2D eigenvalue weighted by Gasteiger charge is -2.26. The quantitative estimate of drug-likeness (QED) is 0.704. The molecule has 0 atom stereocenters. The molecule has 164 valence electrons. The predicted molar refractivity (Wildman–Crippen MR) is 115 cm³/mol. The Bertz CT molecular complexity index is 1030. The maximum absolute atomic E-state index is 13.1. The smallest absolute Gasteiger partial charge is 0.341 e. The fourth-order valence-corrected chi connectivity index (χ4v) is 4.87. The number of benzene rings is 1. The number of anilines is 1. The Morgan fingerprint density at radius 1 is 1.13 bits per heavy atom. The highest BCUT2D eigenvalue weighted by Gasteiger charge is 2.29. The molecule has 2 aliphatic heterocycles. The molecular weight excluding hydrogens is 420 g/mol. The summed E-state index contributed by atoms with van der Waals surface area (Å²) in [5, 5.41) is 3.09. The van der Waals surface area contributed by atoms with Gasteiger partial charge in [-0.3, -0.25) is 9.59 Å². The third-order valence-electron chi connectivity index (χ3n) is 5.33. The third kappa shape index (κ3) is 4.23. The van der Waals surface area contributed by atoms with Crippen molar-refractivity contribution in [1.82, 2.24) is 4.90 Å². The molecule has 2 amide bonds. The predicted octanol–water partition coefficient (Wildman–Crippen LogP) is 3.84. The van der Waals surface area contributed by atoms with Gasteiger partial charge in [-0.2, -0.15) is 0 Å². The lowest BCUT2D eigenvalue weighted by Crippen LogP contribution is -2.35. The molecule has 2 aliphatic rings. The Labute approximate surface area is 184 Å². The average Bonchev–Trinajstić information content (AvgIpc) is 3.37. The first-order valence-electron chi connectivity index (χ1n) is 10.3. The van der Waals surface area contributed by atoms with E-state index in [9.17, 15) is 14.4 Å². The molecule has 31 heavy (non-hydrogen) atoms. The zero-order chi connectivity index (χ0) is 22.0. The van der Waals surface area contributed by atoms with Gasteiger partial charge in [0.05, 0.1) is 17.0 Å². The van der Waals surface area contributed by atoms with E-state index in [1.807, 2.05) is 0 Å². The van der Waals surface area contributed by atoms with Crippen LogP contribution in [0.25, 0.3) is 0 Å². The molecule has 9 heteroatoms. The van der Waals surface area contributed by atoms with E-state index in [1.54, 1.807) is 36.9 Å². The first-order valence-corrected chi connectivity index (χ1v) is 11.1. The SMILES string of the molecule is CCOC(=O)c1c(NC(=O)c2ccc3c(c2)OCO3)sc(C(=O)N2CCCCC2)c1C. The minimum Gasteiger partial charge on any atom is -0.462 e. The molecule has 2 aromatic rings. The van der Waals surface area contributed by atoms with Crippen LogP contribution in [0, 0.1) is 6.92 Å². The average molecular weight is 445 g/mol. The summed E-state index contributed by atoms with van der Waals surface area (Å²) < 4.78 is 15.8. The molecule has 1 saturated heterocycles. The van der Waals surface area contributed by atoms with Crippen molar-refractivity contribution in [3.05, 3.63) is 39.8 Å². The monoisotopic (exact) mass is 444 g/mol. The summed E-state index contributed by atoms with van der Waals surface area (Å²) in [4.78, 5) is 40.9. The van der Waals surface area contributed by atoms with E-state index in [-0.39, 0.29) is 24.9 Å². The highest BCUT2D eigenvalue weighted by Crippen LogP contribution is 2.36. The molecule has 1 N–H and O–H groups in total. The highest BCUT2D eigenvalue weighted by molar-refractivity contribution is 7.18. The van der Waals surface area contributed by atoms with Crippen molar-refractivity contribution in [1.29, 1.82) is 0 Å². The van der Waals surface area contributed by atoms with Crippen LogP contribution in [-0.2, 0) is 4.74 Å². The van der Waals surface area contributed by atoms with Crippen LogP contribution in [0.3, 0.4) is 0 Å². The van der Waals surface area contributed by atoms with Crippen LogP contribution < -0.4 is 14.8 Å². The van der Waals surface area contributed by atoms with Crippen LogP contribution in [0.1, 0.15) is 62.1 Å². The van der Waals surface area contributed by atoms with E-state index in [1.165, 1.54) is 0 Å². The number of hydrogen-bond donors (Lipinski definition) is 1. The van der Waals surface area contributed by atoms with E-state index in [0.29, 0.717) is 45.6 Å². The van der Waals surface area contributed by atoms with Crippen molar-refractivity contribution in [2.75, 3.05) is 31.8 Å². The number of rotatable bonds is 5. The maximum atomic E-state index is 13.1. The largest absolute Gasteiger partial charge is 0.462 e. The molecule has 1 aromatic heterocycles. The molecule has 0 unspecified atom stereocenters. The molecule has 3 heterocycles. The van der Waals surface area contributed by atoms with Gasteiger partial charge in [0, 0.05) is 18.7 Å². The van der Waals surface area contributed by atoms with Crippen molar-refractivity contribution in [3.8, 4) is 11.5 Å². The van der Waals surface area contributed by atoms with E-state index < -0.39 is 11.9 Å². The van der Waals surface area contributed by atoms with Gasteiger partial charge in [-0.15, -0.1) is 11.3 Å². The lowest BCUT2D eigenvalue weighted by atomic mass is 10.1. The van der Waals surface area contributed by atoms with Crippen LogP contribution in [0.15, 0.2) is 18.2 Å². The molecule has 0 saturated carbocycles. The van der Waals surface area contributed by atoms with Crippen molar-refractivity contribution in [2.45, 2.75) is 33.1 Å². The third-order valence-corrected chi connectivity index (χ3v) is 6.52. The topological polar surface area (TPSA) is 94.2 Å². The molecule has 8 nitrogen and oxygen atoms in total. The number of carbonyl (C=O) groups is 3. The molecule has 1 fully saturated rings. The van der Waals surface area contributed by atoms with Gasteiger partial charge in [-0.05, 0) is 56.9 Å². The number of carbonyl (C=O) groups excluding carboxylic acids is 3. The summed E-state index contributed by atoms with van der Waals surface area (Å²) >= 11 is 1.11. The number of piperidine rings is 1. The normalized spacial score (nSPS) is 15.0. The number of hydrogen-bond acceptors (Lipinski definition) is 7. The summed E-state index contributed by atoms with van der Waals surface area (Å²) in [6.07, 6.45) is 3.04. The molecule has 4 rings (SSSR count). The van der Waals surface area contributed by atoms with E-state index in [2.05, 4.69) is 5.32 Å². The number of fused-ring (bicyclic) bond motifs is 1. The van der Waals surface area contributed by atoms with Gasteiger partial charge in [0.2, 0.25) is 6.79 Å². The van der Waals surface area contributed by atoms with Crippen molar-refractivity contribution >= 4 is 34.1 Å². The van der Waals surface area contributed by atoms with Crippen molar-refractivity contribution < 1.29 is 28.6 Å². The van der Waals surface area contributed by atoms with Gasteiger partial charge in [0.25, 0.3) is 11.8 Å². The van der Waals surface area contributed by atoms with Crippen LogP contribution in [0.5, 0.6) is 11.5 Å². The Hall–Kier alpha value is -3.07. The van der Waals surface area contributed by atoms with Crippen molar-refractivity contribution in [3.63, 3.8) is 0 Å². The second kappa shape index (κ2) is 8.97. The Morgan fingerprint density at radius 2 is 1.87 bits per heavy atom. The summed E-state index contributed by atoms with van der Waals surface area (Å²) in [5.74, 6) is -0.0277. The summed E-state index contributed by atoms with van der Waals surface area (Å²) in [6.45, 7) is 5.13. The Kier molecular flexibility index (Phi) is 6.13. The fraction of sp³-hybridized carbons (Fsp3) is 0.409. The maximum Gasteiger partial charge on any atom is 0.341 e. The Balaban J connectivity index is 1.64. The highest BCUT2D eigenvalue weighted by atomic mass is 32.1. The number of esters is 1. The molecular formula is C22H24N2O6S. The van der Waals surface area contributed by atoms with Crippen LogP contribution >= 0.6 is 11.3 Å². The van der Waals surface area contributed by atoms with Gasteiger partial charge in [0.1, 0.15) is 5.00 Å². The lowest BCUT2D eigenvalue weighted by molar-refractivity contribution is 0.0527. The fourth-order valence-electron chi connectivity index (χ4n) is 3.71. The Morgan fingerprint density at radius 3 is 2.61 bits per heavy atom. The number of ether oxygens (including phenoxy) is 3. The molecule has 0 aliphatic carbocycles. The molecule has 1 aromatic carbocycles. The zero-order valence-electron chi connectivity index (χ0n) is 17.5. The minimum absolute atomic E-state index is 0.111. The molecule has 0 bridgehead atoms. The van der Waals surface area contributed by atoms with Gasteiger partial charge in [-0.25, -0.2) is 4.79 Å². The molecule has 0 radical (unpaired) electrons. The van der Waals surface area contributed by atoms with Gasteiger partial charge in [0.15, 0.2) is 11.5 Å². The van der Waals surface area contributed by atoms with E-state index >= 15 is 0 Å². The van der Waals surface area contributed by atoms with Crippen LogP contribution in [-0.4, -0.2) is 49.2 Å². The second-order valence-electron chi connectivity index (χ2n) is 7.36. The standard InChI is InChI=1S/C22H24N2O6S/c1-3-28-22(27)17-13(2)18(21(26)24-9-5-4-6-10-24)31-20(17)23-19(25)14-7-8-15-16(11-14)30-12-29-15/h7-8,11H,3-6,9-10,12H2,1-2H3,(H,23,25). The van der Waals surface area contributed by atoms with Gasteiger partial charge in [-0.1, -0.05) is 0 Å². The van der Waals surface area contributed by atoms with Crippen molar-refractivity contribution in [2.24, 2.45) is 0 Å². The summed E-state index contributed by atoms with van der Waals surface area (Å²) in [7, 11) is 0. The van der Waals surface area contributed by atoms with Gasteiger partial charge >= 0.3 is 5.97 Å². The van der Waals surface area contributed by atoms with E-state index in [4.69, 9.17) is 14.2 Å². The zero-order valence-corrected chi connectivity index (χ0v) is 18.3. The van der Waals surface area contributed by atoms with Gasteiger partial charge < -0.3 is 24.4 Å². The summed E-state index contributed by atoms with van der Waals surface area (Å²) in [5.41, 5.74) is 1.11. The van der Waals surface area contributed by atoms with Crippen LogP contribution in [0.4, 0.5) is 5.00 Å². The second-order valence-corrected chi connectivity index (χ2v) is 8.38. The first kappa shape index (κ1) is 21.2. The van der Waals surface area contributed by atoms with Crippen LogP contribution in [0.2, 0.25) is 0 Å². The number of thiophene rings is 1. The van der Waals surface area contributed by atoms with E-state index in [0.717, 1.165) is 30.6 Å². The molecule has 0 spiro atoms. The number of nitrogens with zero attached hydrogens (tertiary/aromatic N) is 1. The number of amides is 2. The minimum atomic E-state index is -0.560. The number of likely N-dealkylation sites (tertiary alicyclic amines) is 1. The first-order chi connectivity index (χ1) is 15.0. The number of nitrogens with one attached hydrogen (secondary N) is 1. The summed E-state index contributed by atoms with van der Waals surface area (Å²) in [6, 6.07) is 4.86.